The van der Waals surface area contributed by atoms with E-state index in [0.29, 0.717) is 11.5 Å². The van der Waals surface area contributed by atoms with Crippen molar-refractivity contribution in [3.63, 3.8) is 0 Å². The summed E-state index contributed by atoms with van der Waals surface area (Å²) in [5, 5.41) is 8.20. The maximum Gasteiger partial charge on any atom is 0.252 e. The maximum atomic E-state index is 13.1. The molecule has 0 amide bonds. The third-order valence-electron chi connectivity index (χ3n) is 4.22. The molecule has 112 valence electrons. The van der Waals surface area contributed by atoms with Crippen LogP contribution in [-0.4, -0.2) is 20.5 Å². The van der Waals surface area contributed by atoms with Crippen LogP contribution in [0.25, 0.3) is 16.8 Å². The van der Waals surface area contributed by atoms with Gasteiger partial charge in [-0.2, -0.15) is 0 Å². The summed E-state index contributed by atoms with van der Waals surface area (Å²) in [6, 6.07) is 12.1. The molecule has 3 nitrogen and oxygen atoms in total. The number of halogens is 2. The molecule has 0 spiro atoms. The Bertz CT molecular complexity index is 854. The predicted molar refractivity (Wildman–Crippen MR) is 79.9 cm³/mol. The lowest BCUT2D eigenvalue weighted by atomic mass is 10.0. The monoisotopic (exact) mass is 299 g/mol. The molecule has 4 rings (SSSR count). The van der Waals surface area contributed by atoms with Gasteiger partial charge in [0.1, 0.15) is 5.82 Å². The van der Waals surface area contributed by atoms with Crippen LogP contribution >= 0.6 is 0 Å². The van der Waals surface area contributed by atoms with Gasteiger partial charge in [0.25, 0.3) is 5.92 Å². The molecule has 2 heterocycles. The first-order valence-electron chi connectivity index (χ1n) is 7.31. The Morgan fingerprint density at radius 2 is 1.95 bits per heavy atom. The second-order valence-corrected chi connectivity index (χ2v) is 6.00. The van der Waals surface area contributed by atoms with E-state index in [9.17, 15) is 8.78 Å². The zero-order valence-electron chi connectivity index (χ0n) is 12.1. The van der Waals surface area contributed by atoms with Crippen LogP contribution in [0, 0.1) is 12.8 Å². The van der Waals surface area contributed by atoms with Crippen molar-refractivity contribution in [2.75, 3.05) is 0 Å². The summed E-state index contributed by atoms with van der Waals surface area (Å²) in [6.07, 6.45) is 2.10. The van der Waals surface area contributed by atoms with E-state index in [1.165, 1.54) is 5.56 Å². The normalized spacial score (nSPS) is 19.5. The van der Waals surface area contributed by atoms with Crippen molar-refractivity contribution in [1.29, 1.82) is 0 Å². The average molecular weight is 299 g/mol. The highest BCUT2D eigenvalue weighted by molar-refractivity contribution is 5.67. The SMILES string of the molecule is Cc1cccc(-c2ccn3c(CC4CC4(F)F)nnc3c2)c1. The highest BCUT2D eigenvalue weighted by Gasteiger charge is 2.56. The molecule has 1 fully saturated rings. The van der Waals surface area contributed by atoms with E-state index in [4.69, 9.17) is 0 Å². The predicted octanol–water partition coefficient (Wildman–Crippen LogP) is 3.90. The third kappa shape index (κ3) is 2.26. The van der Waals surface area contributed by atoms with Crippen molar-refractivity contribution >= 4 is 5.65 Å². The Morgan fingerprint density at radius 1 is 1.18 bits per heavy atom. The largest absolute Gasteiger partial charge is 0.286 e. The van der Waals surface area contributed by atoms with Crippen LogP contribution in [0.3, 0.4) is 0 Å². The fourth-order valence-corrected chi connectivity index (χ4v) is 2.80. The number of nitrogens with zero attached hydrogens (tertiary/aromatic N) is 3. The topological polar surface area (TPSA) is 30.2 Å². The minimum absolute atomic E-state index is 0.0384. The molecule has 1 saturated carbocycles. The van der Waals surface area contributed by atoms with E-state index >= 15 is 0 Å². The average Bonchev–Trinajstić information content (AvgIpc) is 2.91. The molecular formula is C17H15F2N3. The summed E-state index contributed by atoms with van der Waals surface area (Å²) < 4.78 is 27.9. The van der Waals surface area contributed by atoms with E-state index in [2.05, 4.69) is 16.3 Å². The van der Waals surface area contributed by atoms with Gasteiger partial charge in [-0.05, 0) is 30.2 Å². The molecule has 0 radical (unpaired) electrons. The van der Waals surface area contributed by atoms with Gasteiger partial charge >= 0.3 is 0 Å². The highest BCUT2D eigenvalue weighted by Crippen LogP contribution is 2.50. The summed E-state index contributed by atoms with van der Waals surface area (Å²) in [7, 11) is 0. The molecule has 1 aliphatic rings. The molecule has 0 N–H and O–H groups in total. The van der Waals surface area contributed by atoms with Gasteiger partial charge in [0.15, 0.2) is 5.65 Å². The van der Waals surface area contributed by atoms with Crippen LogP contribution in [0.4, 0.5) is 8.78 Å². The summed E-state index contributed by atoms with van der Waals surface area (Å²) in [5.41, 5.74) is 4.04. The van der Waals surface area contributed by atoms with Gasteiger partial charge in [0.05, 0.1) is 0 Å². The molecule has 0 aliphatic heterocycles. The van der Waals surface area contributed by atoms with Gasteiger partial charge in [-0.1, -0.05) is 29.8 Å². The van der Waals surface area contributed by atoms with E-state index in [-0.39, 0.29) is 12.8 Å². The molecule has 1 atom stereocenters. The Morgan fingerprint density at radius 3 is 2.68 bits per heavy atom. The number of rotatable bonds is 3. The Labute approximate surface area is 126 Å². The van der Waals surface area contributed by atoms with Crippen molar-refractivity contribution in [2.45, 2.75) is 25.7 Å². The first kappa shape index (κ1) is 13.4. The first-order valence-corrected chi connectivity index (χ1v) is 7.31. The number of alkyl halides is 2. The number of hydrogen-bond acceptors (Lipinski definition) is 2. The van der Waals surface area contributed by atoms with E-state index < -0.39 is 11.8 Å². The first-order chi connectivity index (χ1) is 10.5. The van der Waals surface area contributed by atoms with Gasteiger partial charge in [-0.3, -0.25) is 4.40 Å². The molecule has 0 saturated heterocycles. The molecule has 1 unspecified atom stereocenters. The number of aryl methyl sites for hydroxylation is 1. The fraction of sp³-hybridized carbons (Fsp3) is 0.294. The molecule has 1 aromatic carbocycles. The van der Waals surface area contributed by atoms with Crippen molar-refractivity contribution in [3.8, 4) is 11.1 Å². The van der Waals surface area contributed by atoms with E-state index in [1.807, 2.05) is 43.5 Å². The Kier molecular flexibility index (Phi) is 2.79. The smallest absolute Gasteiger partial charge is 0.252 e. The van der Waals surface area contributed by atoms with Crippen LogP contribution < -0.4 is 0 Å². The maximum absolute atomic E-state index is 13.1. The molecular weight excluding hydrogens is 284 g/mol. The lowest BCUT2D eigenvalue weighted by molar-refractivity contribution is 0.0984. The van der Waals surface area contributed by atoms with Crippen molar-refractivity contribution in [3.05, 3.63) is 54.0 Å². The third-order valence-corrected chi connectivity index (χ3v) is 4.22. The lowest BCUT2D eigenvalue weighted by Gasteiger charge is -2.04. The Balaban J connectivity index is 1.68. The Hall–Kier alpha value is -2.30. The molecule has 0 bridgehead atoms. The molecule has 3 aromatic rings. The lowest BCUT2D eigenvalue weighted by Crippen LogP contribution is -2.01. The zero-order chi connectivity index (χ0) is 15.3. The van der Waals surface area contributed by atoms with Gasteiger partial charge in [-0.15, -0.1) is 10.2 Å². The van der Waals surface area contributed by atoms with Crippen molar-refractivity contribution in [2.24, 2.45) is 5.92 Å². The van der Waals surface area contributed by atoms with Crippen LogP contribution in [-0.2, 0) is 6.42 Å². The number of pyridine rings is 1. The van der Waals surface area contributed by atoms with Gasteiger partial charge in [0.2, 0.25) is 0 Å². The van der Waals surface area contributed by atoms with Crippen molar-refractivity contribution < 1.29 is 8.78 Å². The van der Waals surface area contributed by atoms with E-state index in [1.54, 1.807) is 4.40 Å². The minimum Gasteiger partial charge on any atom is -0.286 e. The molecule has 1 aliphatic carbocycles. The summed E-state index contributed by atoms with van der Waals surface area (Å²) >= 11 is 0. The van der Waals surface area contributed by atoms with Crippen LogP contribution in [0.5, 0.6) is 0 Å². The van der Waals surface area contributed by atoms with Gasteiger partial charge in [0, 0.05) is 25.0 Å². The second-order valence-electron chi connectivity index (χ2n) is 6.00. The second kappa shape index (κ2) is 4.60. The standard InChI is InChI=1S/C17H15F2N3/c1-11-3-2-4-12(7-11)13-5-6-22-15(8-13)20-21-16(22)9-14-10-17(14,18)19/h2-8,14H,9-10H2,1H3. The van der Waals surface area contributed by atoms with Gasteiger partial charge < -0.3 is 0 Å². The number of aromatic nitrogens is 3. The molecule has 5 heteroatoms. The summed E-state index contributed by atoms with van der Waals surface area (Å²) in [4.78, 5) is 0. The van der Waals surface area contributed by atoms with Crippen LogP contribution in [0.2, 0.25) is 0 Å². The number of fused-ring (bicyclic) bond motifs is 1. The highest BCUT2D eigenvalue weighted by atomic mass is 19.3. The van der Waals surface area contributed by atoms with Crippen LogP contribution in [0.15, 0.2) is 42.6 Å². The number of hydrogen-bond donors (Lipinski definition) is 0. The zero-order valence-corrected chi connectivity index (χ0v) is 12.1. The summed E-state index contributed by atoms with van der Waals surface area (Å²) in [5.74, 6) is -2.50. The summed E-state index contributed by atoms with van der Waals surface area (Å²) in [6.45, 7) is 2.05. The quantitative estimate of drug-likeness (QED) is 0.734. The number of benzene rings is 1. The molecule has 22 heavy (non-hydrogen) atoms. The van der Waals surface area contributed by atoms with E-state index in [0.717, 1.165) is 11.1 Å². The fourth-order valence-electron chi connectivity index (χ4n) is 2.80. The van der Waals surface area contributed by atoms with Gasteiger partial charge in [-0.25, -0.2) is 8.78 Å². The minimum atomic E-state index is -2.52. The van der Waals surface area contributed by atoms with Crippen LogP contribution in [0.1, 0.15) is 17.8 Å². The van der Waals surface area contributed by atoms with Crippen molar-refractivity contribution in [1.82, 2.24) is 14.6 Å². The molecule has 2 aromatic heterocycles.